The van der Waals surface area contributed by atoms with Crippen LogP contribution in [0.5, 0.6) is 5.75 Å². The van der Waals surface area contributed by atoms with Gasteiger partial charge in [0, 0.05) is 12.1 Å². The van der Waals surface area contributed by atoms with Crippen LogP contribution in [-0.4, -0.2) is 36.8 Å². The molecular weight excluding hydrogens is 417 g/mol. The number of rotatable bonds is 6. The number of anilines is 2. The molecule has 4 rings (SSSR count). The van der Waals surface area contributed by atoms with E-state index in [0.717, 1.165) is 0 Å². The molecule has 2 aromatic rings. The summed E-state index contributed by atoms with van der Waals surface area (Å²) in [7, 11) is 0. The van der Waals surface area contributed by atoms with Crippen LogP contribution in [0.25, 0.3) is 0 Å². The Hall–Kier alpha value is -3.66. The number of carbonyl (C=O) groups is 3. The average molecular weight is 441 g/mol. The zero-order valence-corrected chi connectivity index (χ0v) is 17.4. The summed E-state index contributed by atoms with van der Waals surface area (Å²) in [5.41, 5.74) is 1.05. The van der Waals surface area contributed by atoms with Crippen molar-refractivity contribution < 1.29 is 23.5 Å². The van der Waals surface area contributed by atoms with E-state index in [9.17, 15) is 18.8 Å². The lowest BCUT2D eigenvalue weighted by Gasteiger charge is -2.43. The molecule has 0 bridgehead atoms. The van der Waals surface area contributed by atoms with Crippen molar-refractivity contribution in [2.45, 2.75) is 25.8 Å². The van der Waals surface area contributed by atoms with Crippen molar-refractivity contribution in [1.82, 2.24) is 16.0 Å². The first kappa shape index (κ1) is 21.6. The molecule has 0 spiro atoms. The standard InChI is InChI=1S/C22H24FN5O4/c1-2-32-16-6-4-3-5-15(16)25-20(30)14-11-17(29)26-19-18(14)21(31)28-22(27-19)24-13-9-7-12(23)8-10-13/h3-10,14,18-19,22,24,27H,2,11H2,1H3,(H,25,30)(H,26,29)(H,28,31). The molecule has 0 aliphatic carbocycles. The number of halogens is 1. The number of benzene rings is 2. The van der Waals surface area contributed by atoms with Crippen LogP contribution in [-0.2, 0) is 14.4 Å². The number of fused-ring (bicyclic) bond motifs is 1. The quantitative estimate of drug-likeness (QED) is 0.462. The van der Waals surface area contributed by atoms with Gasteiger partial charge in [0.1, 0.15) is 11.6 Å². The predicted molar refractivity (Wildman–Crippen MR) is 115 cm³/mol. The van der Waals surface area contributed by atoms with E-state index in [1.54, 1.807) is 24.3 Å². The summed E-state index contributed by atoms with van der Waals surface area (Å²) >= 11 is 0. The van der Waals surface area contributed by atoms with Gasteiger partial charge in [-0.05, 0) is 43.3 Å². The number of ether oxygens (including phenoxy) is 1. The minimum atomic E-state index is -0.872. The van der Waals surface area contributed by atoms with E-state index in [4.69, 9.17) is 4.74 Å². The molecule has 2 heterocycles. The van der Waals surface area contributed by atoms with E-state index < -0.39 is 30.2 Å². The molecule has 2 aliphatic heterocycles. The number of para-hydroxylation sites is 2. The van der Waals surface area contributed by atoms with Gasteiger partial charge in [0.15, 0.2) is 6.29 Å². The average Bonchev–Trinajstić information content (AvgIpc) is 2.76. The summed E-state index contributed by atoms with van der Waals surface area (Å²) in [6.45, 7) is 2.27. The second-order valence-corrected chi connectivity index (χ2v) is 7.56. The highest BCUT2D eigenvalue weighted by Crippen LogP contribution is 2.30. The summed E-state index contributed by atoms with van der Waals surface area (Å²) in [6, 6.07) is 12.6. The van der Waals surface area contributed by atoms with Gasteiger partial charge in [-0.15, -0.1) is 0 Å². The van der Waals surface area contributed by atoms with Crippen LogP contribution in [0.4, 0.5) is 15.8 Å². The summed E-state index contributed by atoms with van der Waals surface area (Å²) in [5.74, 6) is -2.71. The first-order valence-corrected chi connectivity index (χ1v) is 10.3. The van der Waals surface area contributed by atoms with Crippen molar-refractivity contribution in [3.05, 3.63) is 54.3 Å². The zero-order chi connectivity index (χ0) is 22.7. The molecule has 2 fully saturated rings. The van der Waals surface area contributed by atoms with Gasteiger partial charge in [-0.25, -0.2) is 4.39 Å². The van der Waals surface area contributed by atoms with E-state index in [2.05, 4.69) is 26.6 Å². The van der Waals surface area contributed by atoms with E-state index in [0.29, 0.717) is 23.7 Å². The Bertz CT molecular complexity index is 1020. The van der Waals surface area contributed by atoms with Gasteiger partial charge < -0.3 is 26.0 Å². The van der Waals surface area contributed by atoms with Crippen LogP contribution in [0.2, 0.25) is 0 Å². The maximum absolute atomic E-state index is 13.1. The SMILES string of the molecule is CCOc1ccccc1NC(=O)C1CC(=O)NC2NC(Nc3ccc(F)cc3)NC(=O)C21. The largest absolute Gasteiger partial charge is 0.492 e. The summed E-state index contributed by atoms with van der Waals surface area (Å²) in [4.78, 5) is 38.3. The van der Waals surface area contributed by atoms with Crippen LogP contribution in [0.15, 0.2) is 48.5 Å². The number of piperidine rings is 1. The van der Waals surface area contributed by atoms with Crippen LogP contribution >= 0.6 is 0 Å². The molecule has 0 radical (unpaired) electrons. The fraction of sp³-hybridized carbons (Fsp3) is 0.318. The van der Waals surface area contributed by atoms with Gasteiger partial charge >= 0.3 is 0 Å². The molecule has 168 valence electrons. The number of hydrogen-bond acceptors (Lipinski definition) is 6. The van der Waals surface area contributed by atoms with E-state index in [1.165, 1.54) is 24.3 Å². The number of amides is 3. The first-order valence-electron chi connectivity index (χ1n) is 10.3. The Labute approximate surface area is 184 Å². The maximum atomic E-state index is 13.1. The molecule has 4 atom stereocenters. The molecule has 32 heavy (non-hydrogen) atoms. The van der Waals surface area contributed by atoms with Gasteiger partial charge in [-0.1, -0.05) is 12.1 Å². The second-order valence-electron chi connectivity index (χ2n) is 7.56. The highest BCUT2D eigenvalue weighted by Gasteiger charge is 2.48. The molecule has 0 saturated carbocycles. The topological polar surface area (TPSA) is 121 Å². The Morgan fingerprint density at radius 3 is 2.62 bits per heavy atom. The number of nitrogens with one attached hydrogen (secondary N) is 5. The third-order valence-electron chi connectivity index (χ3n) is 5.39. The molecule has 9 nitrogen and oxygen atoms in total. The van der Waals surface area contributed by atoms with E-state index >= 15 is 0 Å². The van der Waals surface area contributed by atoms with Crippen LogP contribution in [0, 0.1) is 17.7 Å². The third kappa shape index (κ3) is 4.65. The number of carbonyl (C=O) groups excluding carboxylic acids is 3. The van der Waals surface area contributed by atoms with Gasteiger partial charge in [0.2, 0.25) is 17.7 Å². The fourth-order valence-electron chi connectivity index (χ4n) is 3.94. The van der Waals surface area contributed by atoms with Crippen molar-refractivity contribution in [3.63, 3.8) is 0 Å². The van der Waals surface area contributed by atoms with Crippen LogP contribution < -0.4 is 31.3 Å². The molecule has 5 N–H and O–H groups in total. The smallest absolute Gasteiger partial charge is 0.229 e. The van der Waals surface area contributed by atoms with E-state index in [1.807, 2.05) is 6.92 Å². The van der Waals surface area contributed by atoms with Gasteiger partial charge in [-0.3, -0.25) is 19.7 Å². The van der Waals surface area contributed by atoms with Gasteiger partial charge in [-0.2, -0.15) is 0 Å². The summed E-state index contributed by atoms with van der Waals surface area (Å²) < 4.78 is 18.7. The molecule has 4 unspecified atom stereocenters. The van der Waals surface area contributed by atoms with Crippen molar-refractivity contribution in [2.24, 2.45) is 11.8 Å². The van der Waals surface area contributed by atoms with Crippen LogP contribution in [0.3, 0.4) is 0 Å². The molecule has 0 aromatic heterocycles. The van der Waals surface area contributed by atoms with Gasteiger partial charge in [0.25, 0.3) is 0 Å². The van der Waals surface area contributed by atoms with E-state index in [-0.39, 0.29) is 24.1 Å². The Morgan fingerprint density at radius 1 is 1.12 bits per heavy atom. The first-order chi connectivity index (χ1) is 15.4. The molecule has 2 aromatic carbocycles. The lowest BCUT2D eigenvalue weighted by molar-refractivity contribution is -0.144. The van der Waals surface area contributed by atoms with Gasteiger partial charge in [0.05, 0.1) is 30.3 Å². The monoisotopic (exact) mass is 441 g/mol. The summed E-state index contributed by atoms with van der Waals surface area (Å²) in [6.07, 6.45) is -1.58. The maximum Gasteiger partial charge on any atom is 0.229 e. The molecule has 10 heteroatoms. The Morgan fingerprint density at radius 2 is 1.88 bits per heavy atom. The second kappa shape index (κ2) is 9.23. The Balaban J connectivity index is 1.48. The van der Waals surface area contributed by atoms with Crippen molar-refractivity contribution in [1.29, 1.82) is 0 Å². The highest BCUT2D eigenvalue weighted by atomic mass is 19.1. The van der Waals surface area contributed by atoms with Crippen LogP contribution in [0.1, 0.15) is 13.3 Å². The number of hydrogen-bond donors (Lipinski definition) is 5. The molecule has 3 amide bonds. The van der Waals surface area contributed by atoms with Crippen molar-refractivity contribution >= 4 is 29.1 Å². The normalized spacial score (nSPS) is 24.6. The zero-order valence-electron chi connectivity index (χ0n) is 17.4. The fourth-order valence-corrected chi connectivity index (χ4v) is 3.94. The lowest BCUT2D eigenvalue weighted by Crippen LogP contribution is -2.72. The highest BCUT2D eigenvalue weighted by molar-refractivity contribution is 6.00. The molecular formula is C22H24FN5O4. The summed E-state index contributed by atoms with van der Waals surface area (Å²) in [5, 5.41) is 14.4. The van der Waals surface area contributed by atoms with Crippen molar-refractivity contribution in [3.8, 4) is 5.75 Å². The molecule has 2 aliphatic rings. The third-order valence-corrected chi connectivity index (χ3v) is 5.39. The predicted octanol–water partition coefficient (Wildman–Crippen LogP) is 1.36. The minimum absolute atomic E-state index is 0.116. The van der Waals surface area contributed by atoms with Crippen molar-refractivity contribution in [2.75, 3.05) is 17.2 Å². The Kier molecular flexibility index (Phi) is 6.22. The molecule has 2 saturated heterocycles. The minimum Gasteiger partial charge on any atom is -0.492 e. The lowest BCUT2D eigenvalue weighted by atomic mass is 9.81.